The maximum atomic E-state index is 13.0. The van der Waals surface area contributed by atoms with Gasteiger partial charge >= 0.3 is 0 Å². The highest BCUT2D eigenvalue weighted by atomic mass is 32.2. The van der Waals surface area contributed by atoms with Crippen molar-refractivity contribution in [3.8, 4) is 0 Å². The summed E-state index contributed by atoms with van der Waals surface area (Å²) in [5.41, 5.74) is 4.53. The molecule has 3 aromatic carbocycles. The van der Waals surface area contributed by atoms with Gasteiger partial charge in [-0.3, -0.25) is 9.10 Å². The monoisotopic (exact) mass is 436 g/mol. The Labute approximate surface area is 184 Å². The molecule has 31 heavy (non-hydrogen) atoms. The summed E-state index contributed by atoms with van der Waals surface area (Å²) in [7, 11) is -2.17. The van der Waals surface area contributed by atoms with Crippen LogP contribution in [0.15, 0.2) is 71.6 Å². The molecule has 0 atom stereocenters. The summed E-state index contributed by atoms with van der Waals surface area (Å²) in [6, 6.07) is 19.5. The summed E-state index contributed by atoms with van der Waals surface area (Å²) < 4.78 is 27.3. The average Bonchev–Trinajstić information content (AvgIpc) is 2.73. The van der Waals surface area contributed by atoms with E-state index in [4.69, 9.17) is 0 Å². The molecule has 6 heteroatoms. The highest BCUT2D eigenvalue weighted by Gasteiger charge is 2.23. The molecule has 0 radical (unpaired) electrons. The quantitative estimate of drug-likeness (QED) is 0.554. The van der Waals surface area contributed by atoms with Crippen LogP contribution in [-0.2, 0) is 10.0 Å². The number of benzene rings is 3. The third-order valence-electron chi connectivity index (χ3n) is 5.31. The predicted molar refractivity (Wildman–Crippen MR) is 126 cm³/mol. The molecule has 5 nitrogen and oxygen atoms in total. The molecule has 0 spiro atoms. The van der Waals surface area contributed by atoms with Gasteiger partial charge in [-0.1, -0.05) is 49.7 Å². The largest absolute Gasteiger partial charge is 0.322 e. The Balaban J connectivity index is 1.86. The summed E-state index contributed by atoms with van der Waals surface area (Å²) in [5.74, 6) is 0.0491. The van der Waals surface area contributed by atoms with Crippen LogP contribution < -0.4 is 9.62 Å². The Morgan fingerprint density at radius 1 is 0.935 bits per heavy atom. The molecule has 0 unspecified atom stereocenters. The number of hydrogen-bond acceptors (Lipinski definition) is 3. The number of para-hydroxylation sites is 1. The smallest absolute Gasteiger partial charge is 0.264 e. The molecule has 0 bridgehead atoms. The number of aryl methyl sites for hydroxylation is 2. The Hall–Kier alpha value is -3.12. The van der Waals surface area contributed by atoms with Crippen molar-refractivity contribution in [1.82, 2.24) is 0 Å². The highest BCUT2D eigenvalue weighted by Crippen LogP contribution is 2.28. The zero-order valence-corrected chi connectivity index (χ0v) is 19.3. The van der Waals surface area contributed by atoms with E-state index < -0.39 is 10.0 Å². The molecular formula is C25H28N2O3S. The number of hydrogen-bond donors (Lipinski definition) is 1. The van der Waals surface area contributed by atoms with Gasteiger partial charge in [0.15, 0.2) is 0 Å². The van der Waals surface area contributed by atoms with E-state index in [0.29, 0.717) is 16.8 Å². The number of amides is 1. The minimum absolute atomic E-state index is 0.229. The Morgan fingerprint density at radius 2 is 1.58 bits per heavy atom. The van der Waals surface area contributed by atoms with Crippen LogP contribution in [0, 0.1) is 13.8 Å². The number of nitrogens with one attached hydrogen (secondary N) is 1. The molecule has 3 aromatic rings. The van der Waals surface area contributed by atoms with Gasteiger partial charge in [-0.2, -0.15) is 0 Å². The van der Waals surface area contributed by atoms with Gasteiger partial charge in [-0.25, -0.2) is 8.42 Å². The lowest BCUT2D eigenvalue weighted by Gasteiger charge is -2.22. The van der Waals surface area contributed by atoms with Gasteiger partial charge in [0, 0.05) is 18.3 Å². The Bertz CT molecular complexity index is 1200. The lowest BCUT2D eigenvalue weighted by atomic mass is 10.0. The Morgan fingerprint density at radius 3 is 2.19 bits per heavy atom. The lowest BCUT2D eigenvalue weighted by molar-refractivity contribution is 0.102. The van der Waals surface area contributed by atoms with Crippen molar-refractivity contribution in [2.24, 2.45) is 0 Å². The molecule has 0 saturated carbocycles. The zero-order valence-electron chi connectivity index (χ0n) is 18.5. The van der Waals surface area contributed by atoms with Crippen LogP contribution in [0.4, 0.5) is 11.4 Å². The van der Waals surface area contributed by atoms with Crippen molar-refractivity contribution in [2.75, 3.05) is 16.7 Å². The average molecular weight is 437 g/mol. The molecule has 0 aromatic heterocycles. The van der Waals surface area contributed by atoms with Crippen molar-refractivity contribution >= 4 is 27.3 Å². The van der Waals surface area contributed by atoms with E-state index in [9.17, 15) is 13.2 Å². The summed E-state index contributed by atoms with van der Waals surface area (Å²) >= 11 is 0. The maximum absolute atomic E-state index is 13.0. The predicted octanol–water partition coefficient (Wildman–Crippen LogP) is 5.50. The minimum Gasteiger partial charge on any atom is -0.322 e. The molecule has 1 amide bonds. The van der Waals surface area contributed by atoms with Crippen molar-refractivity contribution in [3.05, 3.63) is 89.0 Å². The number of rotatable bonds is 6. The fourth-order valence-corrected chi connectivity index (χ4v) is 4.72. The highest BCUT2D eigenvalue weighted by molar-refractivity contribution is 7.92. The molecule has 0 heterocycles. The van der Waals surface area contributed by atoms with Crippen LogP contribution in [0.25, 0.3) is 0 Å². The second-order valence-electron chi connectivity index (χ2n) is 7.98. The molecule has 0 aliphatic carbocycles. The molecule has 0 fully saturated rings. The number of carbonyl (C=O) groups excluding carboxylic acids is 1. The second kappa shape index (κ2) is 8.94. The van der Waals surface area contributed by atoms with E-state index in [0.717, 1.165) is 16.8 Å². The van der Waals surface area contributed by atoms with E-state index in [1.54, 1.807) is 49.4 Å². The van der Waals surface area contributed by atoms with Crippen molar-refractivity contribution in [1.29, 1.82) is 0 Å². The van der Waals surface area contributed by atoms with Gasteiger partial charge in [0.2, 0.25) is 0 Å². The molecule has 0 aliphatic heterocycles. The summed E-state index contributed by atoms with van der Waals surface area (Å²) in [4.78, 5) is 13.1. The first-order valence-corrected chi connectivity index (χ1v) is 11.6. The number of carbonyl (C=O) groups is 1. The molecular weight excluding hydrogens is 408 g/mol. The summed E-state index contributed by atoms with van der Waals surface area (Å²) in [6.45, 7) is 7.87. The fourth-order valence-electron chi connectivity index (χ4n) is 3.46. The van der Waals surface area contributed by atoms with Crippen LogP contribution in [0.5, 0.6) is 0 Å². The molecule has 0 saturated heterocycles. The number of sulfonamides is 1. The van der Waals surface area contributed by atoms with E-state index in [2.05, 4.69) is 19.2 Å². The van der Waals surface area contributed by atoms with E-state index in [-0.39, 0.29) is 16.7 Å². The Kier molecular flexibility index (Phi) is 6.51. The van der Waals surface area contributed by atoms with Crippen molar-refractivity contribution in [2.45, 2.75) is 38.5 Å². The van der Waals surface area contributed by atoms with E-state index >= 15 is 0 Å². The standard InChI is InChI=1S/C25H28N2O3S/c1-17(2)22-8-6-7-9-23(22)26-25(28)20-12-15-24(19(4)16-20)27(5)31(29,30)21-13-10-18(3)11-14-21/h6-17H,1-5H3,(H,26,28). The van der Waals surface area contributed by atoms with E-state index in [1.807, 2.05) is 31.2 Å². The number of nitrogens with zero attached hydrogens (tertiary/aromatic N) is 1. The van der Waals surface area contributed by atoms with Gasteiger partial charge in [-0.05, 0) is 67.3 Å². The van der Waals surface area contributed by atoms with Crippen molar-refractivity contribution in [3.63, 3.8) is 0 Å². The van der Waals surface area contributed by atoms with Crippen LogP contribution in [0.3, 0.4) is 0 Å². The topological polar surface area (TPSA) is 66.5 Å². The fraction of sp³-hybridized carbons (Fsp3) is 0.240. The van der Waals surface area contributed by atoms with Crippen LogP contribution in [0.1, 0.15) is 46.8 Å². The SMILES string of the molecule is Cc1ccc(S(=O)(=O)N(C)c2ccc(C(=O)Nc3ccccc3C(C)C)cc2C)cc1. The first-order valence-electron chi connectivity index (χ1n) is 10.2. The summed E-state index contributed by atoms with van der Waals surface area (Å²) in [5, 5.41) is 2.97. The normalized spacial score (nSPS) is 11.4. The third kappa shape index (κ3) is 4.80. The molecule has 162 valence electrons. The molecule has 1 N–H and O–H groups in total. The van der Waals surface area contributed by atoms with Crippen LogP contribution in [0.2, 0.25) is 0 Å². The first kappa shape index (κ1) is 22.6. The van der Waals surface area contributed by atoms with Gasteiger partial charge in [0.1, 0.15) is 0 Å². The maximum Gasteiger partial charge on any atom is 0.264 e. The van der Waals surface area contributed by atoms with Crippen LogP contribution >= 0.6 is 0 Å². The van der Waals surface area contributed by atoms with Gasteiger partial charge in [0.05, 0.1) is 10.6 Å². The van der Waals surface area contributed by atoms with Crippen LogP contribution in [-0.4, -0.2) is 21.4 Å². The minimum atomic E-state index is -3.70. The molecule has 3 rings (SSSR count). The zero-order chi connectivity index (χ0) is 22.8. The molecule has 0 aliphatic rings. The summed E-state index contributed by atoms with van der Waals surface area (Å²) in [6.07, 6.45) is 0. The van der Waals surface area contributed by atoms with Gasteiger partial charge < -0.3 is 5.32 Å². The van der Waals surface area contributed by atoms with E-state index in [1.165, 1.54) is 11.4 Å². The second-order valence-corrected chi connectivity index (χ2v) is 9.95. The van der Waals surface area contributed by atoms with Crippen molar-refractivity contribution < 1.29 is 13.2 Å². The first-order chi connectivity index (χ1) is 14.6. The number of anilines is 2. The third-order valence-corrected chi connectivity index (χ3v) is 7.09. The van der Waals surface area contributed by atoms with Gasteiger partial charge in [0.25, 0.3) is 15.9 Å². The van der Waals surface area contributed by atoms with Gasteiger partial charge in [-0.15, -0.1) is 0 Å². The lowest BCUT2D eigenvalue weighted by Crippen LogP contribution is -2.27.